The summed E-state index contributed by atoms with van der Waals surface area (Å²) in [7, 11) is 1.74. The van der Waals surface area contributed by atoms with Gasteiger partial charge in [0, 0.05) is 28.5 Å². The third kappa shape index (κ3) is 3.17. The number of rotatable bonds is 3. The molecule has 0 unspecified atom stereocenters. The van der Waals surface area contributed by atoms with Crippen molar-refractivity contribution in [3.8, 4) is 22.7 Å². The van der Waals surface area contributed by atoms with Crippen molar-refractivity contribution in [3.63, 3.8) is 0 Å². The summed E-state index contributed by atoms with van der Waals surface area (Å²) >= 11 is 1.93. The maximum Gasteiger partial charge on any atom is 0.119 e. The molecule has 6 rings (SSSR count). The summed E-state index contributed by atoms with van der Waals surface area (Å²) in [4.78, 5) is 0. The number of thioether (sulfide) groups is 1. The number of nitrogens with one attached hydrogen (secondary N) is 1. The fourth-order valence-electron chi connectivity index (χ4n) is 5.33. The Balaban J connectivity index is 1.56. The maximum atomic E-state index is 5.55. The molecule has 2 atom stereocenters. The highest BCUT2D eigenvalue weighted by molar-refractivity contribution is 7.99. The molecule has 0 saturated carbocycles. The fraction of sp³-hybridized carbons (Fsp3) is 0.250. The van der Waals surface area contributed by atoms with E-state index in [1.807, 2.05) is 17.8 Å². The number of fused-ring (bicyclic) bond motifs is 4. The first-order valence-electron chi connectivity index (χ1n) is 11.4. The van der Waals surface area contributed by atoms with Crippen molar-refractivity contribution < 1.29 is 4.74 Å². The van der Waals surface area contributed by atoms with Crippen LogP contribution < -0.4 is 10.1 Å². The zero-order valence-corrected chi connectivity index (χ0v) is 19.9. The second-order valence-electron chi connectivity index (χ2n) is 9.35. The molecule has 0 bridgehead atoms. The van der Waals surface area contributed by atoms with E-state index >= 15 is 0 Å². The Morgan fingerprint density at radius 3 is 2.45 bits per heavy atom. The number of hydrogen-bond acceptors (Lipinski definition) is 4. The number of nitrogens with zero attached hydrogens (tertiary/aromatic N) is 2. The lowest BCUT2D eigenvalue weighted by Crippen LogP contribution is -2.44. The molecule has 0 amide bonds. The van der Waals surface area contributed by atoms with E-state index < -0.39 is 0 Å². The number of hydrogen-bond donors (Lipinski definition) is 1. The Kier molecular flexibility index (Phi) is 4.77. The summed E-state index contributed by atoms with van der Waals surface area (Å²) in [5.41, 5.74) is 7.13. The predicted molar refractivity (Wildman–Crippen MR) is 136 cm³/mol. The number of anilines is 1. The lowest BCUT2D eigenvalue weighted by atomic mass is 9.66. The third-order valence-electron chi connectivity index (χ3n) is 7.20. The molecule has 5 heteroatoms. The molecule has 1 aromatic heterocycles. The summed E-state index contributed by atoms with van der Waals surface area (Å²) < 4.78 is 7.68. The minimum Gasteiger partial charge on any atom is -0.497 e. The average Bonchev–Trinajstić information content (AvgIpc) is 3.25. The lowest BCUT2D eigenvalue weighted by molar-refractivity contribution is 0.291. The first-order chi connectivity index (χ1) is 16.1. The van der Waals surface area contributed by atoms with Crippen LogP contribution in [0.4, 0.5) is 5.69 Å². The third-order valence-corrected chi connectivity index (χ3v) is 8.39. The SMILES string of the molecule is COc1ccc2c(c1)C(C)(C)[C@@H]1CSc3c(c(-c4ccccc4)nn3-c3ccccc3)[C@@H]1N2. The average molecular weight is 454 g/mol. The van der Waals surface area contributed by atoms with Gasteiger partial charge in [-0.15, -0.1) is 11.8 Å². The second-order valence-corrected chi connectivity index (χ2v) is 10.4. The van der Waals surface area contributed by atoms with Crippen molar-refractivity contribution in [2.75, 3.05) is 18.2 Å². The van der Waals surface area contributed by atoms with Gasteiger partial charge in [-0.3, -0.25) is 0 Å². The Morgan fingerprint density at radius 1 is 1.00 bits per heavy atom. The van der Waals surface area contributed by atoms with Gasteiger partial charge >= 0.3 is 0 Å². The molecule has 0 radical (unpaired) electrons. The van der Waals surface area contributed by atoms with Crippen LogP contribution in [-0.2, 0) is 5.41 Å². The van der Waals surface area contributed by atoms with Crippen molar-refractivity contribution in [1.82, 2.24) is 9.78 Å². The molecule has 166 valence electrons. The summed E-state index contributed by atoms with van der Waals surface area (Å²) in [6, 6.07) is 27.7. The van der Waals surface area contributed by atoms with Gasteiger partial charge in [0.05, 0.1) is 24.5 Å². The van der Waals surface area contributed by atoms with E-state index in [1.54, 1.807) is 7.11 Å². The summed E-state index contributed by atoms with van der Waals surface area (Å²) in [6.45, 7) is 4.75. The van der Waals surface area contributed by atoms with Gasteiger partial charge in [0.1, 0.15) is 10.8 Å². The minimum atomic E-state index is -0.00666. The zero-order valence-electron chi connectivity index (χ0n) is 19.1. The first-order valence-corrected chi connectivity index (χ1v) is 12.4. The van der Waals surface area contributed by atoms with Gasteiger partial charge in [-0.1, -0.05) is 62.4 Å². The monoisotopic (exact) mass is 453 g/mol. The van der Waals surface area contributed by atoms with E-state index in [-0.39, 0.29) is 11.5 Å². The molecule has 0 fully saturated rings. The van der Waals surface area contributed by atoms with E-state index in [1.165, 1.54) is 21.8 Å². The van der Waals surface area contributed by atoms with Gasteiger partial charge in [-0.25, -0.2) is 4.68 Å². The van der Waals surface area contributed by atoms with Crippen LogP contribution in [0.15, 0.2) is 83.9 Å². The number of benzene rings is 3. The van der Waals surface area contributed by atoms with Gasteiger partial charge in [0.15, 0.2) is 0 Å². The second kappa shape index (κ2) is 7.70. The van der Waals surface area contributed by atoms with Crippen LogP contribution in [0.2, 0.25) is 0 Å². The van der Waals surface area contributed by atoms with Crippen LogP contribution in [0.1, 0.15) is 31.0 Å². The Morgan fingerprint density at radius 2 is 1.73 bits per heavy atom. The van der Waals surface area contributed by atoms with E-state index in [2.05, 4.69) is 96.6 Å². The molecule has 0 spiro atoms. The molecule has 4 aromatic rings. The summed E-state index contributed by atoms with van der Waals surface area (Å²) in [6.07, 6.45) is 0. The Bertz CT molecular complexity index is 1310. The van der Waals surface area contributed by atoms with Crippen LogP contribution in [0, 0.1) is 5.92 Å². The maximum absolute atomic E-state index is 5.55. The highest BCUT2D eigenvalue weighted by Crippen LogP contribution is 2.56. The molecule has 2 aliphatic heterocycles. The molecular weight excluding hydrogens is 426 g/mol. The number of methoxy groups -OCH3 is 1. The zero-order chi connectivity index (χ0) is 22.6. The van der Waals surface area contributed by atoms with E-state index in [9.17, 15) is 0 Å². The van der Waals surface area contributed by atoms with Gasteiger partial charge < -0.3 is 10.1 Å². The predicted octanol–water partition coefficient (Wildman–Crippen LogP) is 6.71. The molecule has 33 heavy (non-hydrogen) atoms. The van der Waals surface area contributed by atoms with Crippen LogP contribution in [0.3, 0.4) is 0 Å². The molecular formula is C28H27N3OS. The smallest absolute Gasteiger partial charge is 0.119 e. The quantitative estimate of drug-likeness (QED) is 0.374. The molecule has 2 aliphatic rings. The summed E-state index contributed by atoms with van der Waals surface area (Å²) in [5, 5.41) is 10.3. The van der Waals surface area contributed by atoms with Gasteiger partial charge in [0.25, 0.3) is 0 Å². The van der Waals surface area contributed by atoms with E-state index in [0.29, 0.717) is 5.92 Å². The van der Waals surface area contributed by atoms with Crippen molar-refractivity contribution in [1.29, 1.82) is 0 Å². The Hall–Kier alpha value is -3.18. The standard InChI is InChI=1S/C28H27N3OS/c1-28(2)21-16-20(32-3)14-15-23(21)29-26-22(28)17-33-27-24(26)25(18-10-6-4-7-11-18)30-31(27)19-12-8-5-9-13-19/h4-16,22,26,29H,17H2,1-3H3/t22-,26-/m1/s1. The highest BCUT2D eigenvalue weighted by atomic mass is 32.2. The number of ether oxygens (including phenoxy) is 1. The molecule has 3 aromatic carbocycles. The fourth-order valence-corrected chi connectivity index (χ4v) is 6.92. The van der Waals surface area contributed by atoms with Crippen LogP contribution in [0.25, 0.3) is 16.9 Å². The summed E-state index contributed by atoms with van der Waals surface area (Å²) in [5.74, 6) is 2.36. The van der Waals surface area contributed by atoms with Crippen molar-refractivity contribution in [3.05, 3.63) is 90.0 Å². The lowest BCUT2D eigenvalue weighted by Gasteiger charge is -2.48. The van der Waals surface area contributed by atoms with Crippen LogP contribution >= 0.6 is 11.8 Å². The Labute approximate surface area is 199 Å². The molecule has 1 N–H and O–H groups in total. The highest BCUT2D eigenvalue weighted by Gasteiger charge is 2.48. The normalized spacial score (nSPS) is 20.2. The van der Waals surface area contributed by atoms with E-state index in [4.69, 9.17) is 9.84 Å². The van der Waals surface area contributed by atoms with Gasteiger partial charge in [0.2, 0.25) is 0 Å². The van der Waals surface area contributed by atoms with Crippen molar-refractivity contribution in [2.24, 2.45) is 5.92 Å². The molecule has 4 nitrogen and oxygen atoms in total. The molecule has 0 saturated heterocycles. The molecule has 3 heterocycles. The van der Waals surface area contributed by atoms with Gasteiger partial charge in [-0.05, 0) is 41.3 Å². The molecule has 0 aliphatic carbocycles. The number of para-hydroxylation sites is 1. The van der Waals surface area contributed by atoms with Crippen molar-refractivity contribution >= 4 is 17.4 Å². The number of aromatic nitrogens is 2. The largest absolute Gasteiger partial charge is 0.497 e. The topological polar surface area (TPSA) is 39.1 Å². The van der Waals surface area contributed by atoms with E-state index in [0.717, 1.165) is 28.4 Å². The van der Waals surface area contributed by atoms with Crippen LogP contribution in [0.5, 0.6) is 5.75 Å². The van der Waals surface area contributed by atoms with Crippen LogP contribution in [-0.4, -0.2) is 22.6 Å². The first kappa shape index (κ1) is 20.4. The minimum absolute atomic E-state index is 0.00666. The van der Waals surface area contributed by atoms with Crippen molar-refractivity contribution in [2.45, 2.75) is 30.3 Å². The van der Waals surface area contributed by atoms with Gasteiger partial charge in [-0.2, -0.15) is 5.10 Å².